The van der Waals surface area contributed by atoms with Crippen molar-refractivity contribution < 1.29 is 19.1 Å². The van der Waals surface area contributed by atoms with Crippen molar-refractivity contribution in [3.63, 3.8) is 0 Å². The number of carbonyl (C=O) groups excluding carboxylic acids is 2. The SMILES string of the molecule is CC(C)CCCCOC(=O)CC(C)C(=O)OCCCCC(C)C. The van der Waals surface area contributed by atoms with Crippen molar-refractivity contribution in [1.82, 2.24) is 0 Å². The van der Waals surface area contributed by atoms with Crippen molar-refractivity contribution in [2.24, 2.45) is 17.8 Å². The van der Waals surface area contributed by atoms with E-state index in [1.807, 2.05) is 0 Å². The molecule has 4 nitrogen and oxygen atoms in total. The van der Waals surface area contributed by atoms with Gasteiger partial charge in [-0.15, -0.1) is 0 Å². The summed E-state index contributed by atoms with van der Waals surface area (Å²) in [7, 11) is 0. The molecule has 0 saturated carbocycles. The second-order valence-corrected chi connectivity index (χ2v) is 7.27. The van der Waals surface area contributed by atoms with Gasteiger partial charge in [0.1, 0.15) is 0 Å². The maximum atomic E-state index is 11.8. The number of hydrogen-bond donors (Lipinski definition) is 0. The average Bonchev–Trinajstić information content (AvgIpc) is 2.45. The van der Waals surface area contributed by atoms with Gasteiger partial charge < -0.3 is 9.47 Å². The first-order valence-corrected chi connectivity index (χ1v) is 9.15. The molecular weight excluding hydrogens is 292 g/mol. The lowest BCUT2D eigenvalue weighted by Crippen LogP contribution is -2.20. The highest BCUT2D eigenvalue weighted by Crippen LogP contribution is 2.10. The number of esters is 2. The van der Waals surface area contributed by atoms with Gasteiger partial charge in [0, 0.05) is 0 Å². The zero-order valence-corrected chi connectivity index (χ0v) is 15.7. The number of hydrogen-bond acceptors (Lipinski definition) is 4. The van der Waals surface area contributed by atoms with E-state index in [4.69, 9.17) is 9.47 Å². The molecule has 4 heteroatoms. The Labute approximate surface area is 142 Å². The predicted molar refractivity (Wildman–Crippen MR) is 93.1 cm³/mol. The zero-order chi connectivity index (χ0) is 17.7. The molecule has 0 N–H and O–H groups in total. The Hall–Kier alpha value is -1.06. The van der Waals surface area contributed by atoms with Gasteiger partial charge in [0.05, 0.1) is 25.6 Å². The summed E-state index contributed by atoms with van der Waals surface area (Å²) in [5, 5.41) is 0. The van der Waals surface area contributed by atoms with E-state index in [2.05, 4.69) is 27.7 Å². The summed E-state index contributed by atoms with van der Waals surface area (Å²) in [5.74, 6) is 0.328. The van der Waals surface area contributed by atoms with Crippen LogP contribution in [-0.2, 0) is 19.1 Å². The summed E-state index contributed by atoms with van der Waals surface area (Å²) >= 11 is 0. The van der Waals surface area contributed by atoms with Crippen LogP contribution < -0.4 is 0 Å². The molecule has 1 atom stereocenters. The molecule has 0 radical (unpaired) electrons. The van der Waals surface area contributed by atoms with Gasteiger partial charge in [0.2, 0.25) is 0 Å². The van der Waals surface area contributed by atoms with Crippen molar-refractivity contribution in [3.8, 4) is 0 Å². The third-order valence-electron chi connectivity index (χ3n) is 3.73. The lowest BCUT2D eigenvalue weighted by atomic mass is 10.1. The number of rotatable bonds is 13. The Bertz CT molecular complexity index is 323. The maximum Gasteiger partial charge on any atom is 0.309 e. The fourth-order valence-corrected chi connectivity index (χ4v) is 2.20. The van der Waals surface area contributed by atoms with Gasteiger partial charge in [-0.25, -0.2) is 0 Å². The summed E-state index contributed by atoms with van der Waals surface area (Å²) in [6.45, 7) is 11.3. The van der Waals surface area contributed by atoms with E-state index in [0.29, 0.717) is 25.0 Å². The highest BCUT2D eigenvalue weighted by atomic mass is 16.5. The largest absolute Gasteiger partial charge is 0.466 e. The fourth-order valence-electron chi connectivity index (χ4n) is 2.20. The minimum atomic E-state index is -0.428. The smallest absolute Gasteiger partial charge is 0.309 e. The molecule has 23 heavy (non-hydrogen) atoms. The summed E-state index contributed by atoms with van der Waals surface area (Å²) in [5.41, 5.74) is 0. The minimum Gasteiger partial charge on any atom is -0.466 e. The Morgan fingerprint density at radius 1 is 0.739 bits per heavy atom. The van der Waals surface area contributed by atoms with E-state index in [1.165, 1.54) is 0 Å². The van der Waals surface area contributed by atoms with E-state index in [0.717, 1.165) is 38.5 Å². The lowest BCUT2D eigenvalue weighted by molar-refractivity contribution is -0.154. The van der Waals surface area contributed by atoms with Gasteiger partial charge in [-0.2, -0.15) is 0 Å². The number of carbonyl (C=O) groups is 2. The van der Waals surface area contributed by atoms with Gasteiger partial charge in [0.15, 0.2) is 0 Å². The van der Waals surface area contributed by atoms with Crippen LogP contribution in [0.3, 0.4) is 0 Å². The lowest BCUT2D eigenvalue weighted by Gasteiger charge is -2.12. The van der Waals surface area contributed by atoms with Gasteiger partial charge in [-0.05, 0) is 37.5 Å². The van der Waals surface area contributed by atoms with Crippen LogP contribution in [0.4, 0.5) is 0 Å². The first kappa shape index (κ1) is 21.9. The molecule has 0 rings (SSSR count). The monoisotopic (exact) mass is 328 g/mol. The van der Waals surface area contributed by atoms with Crippen molar-refractivity contribution in [2.45, 2.75) is 79.6 Å². The van der Waals surface area contributed by atoms with Crippen LogP contribution in [-0.4, -0.2) is 25.2 Å². The van der Waals surface area contributed by atoms with E-state index >= 15 is 0 Å². The fraction of sp³-hybridized carbons (Fsp3) is 0.895. The molecule has 0 aromatic heterocycles. The molecule has 0 fully saturated rings. The molecule has 0 heterocycles. The predicted octanol–water partition coefficient (Wildman–Crippen LogP) is 4.75. The Kier molecular flexibility index (Phi) is 12.8. The molecule has 0 aromatic carbocycles. The summed E-state index contributed by atoms with van der Waals surface area (Å²) in [6.07, 6.45) is 6.31. The molecule has 0 aliphatic carbocycles. The Balaban J connectivity index is 3.66. The molecule has 0 aliphatic rings. The Morgan fingerprint density at radius 3 is 1.70 bits per heavy atom. The summed E-state index contributed by atoms with van der Waals surface area (Å²) in [4.78, 5) is 23.5. The van der Waals surface area contributed by atoms with Gasteiger partial charge in [-0.3, -0.25) is 9.59 Å². The zero-order valence-electron chi connectivity index (χ0n) is 15.7. The van der Waals surface area contributed by atoms with Crippen LogP contribution in [0.2, 0.25) is 0 Å². The summed E-state index contributed by atoms with van der Waals surface area (Å²) < 4.78 is 10.4. The molecule has 136 valence electrons. The van der Waals surface area contributed by atoms with E-state index in [9.17, 15) is 9.59 Å². The van der Waals surface area contributed by atoms with Crippen LogP contribution in [0, 0.1) is 17.8 Å². The molecule has 0 spiro atoms. The number of unbranched alkanes of at least 4 members (excludes halogenated alkanes) is 2. The first-order valence-electron chi connectivity index (χ1n) is 9.15. The van der Waals surface area contributed by atoms with E-state index in [1.54, 1.807) is 6.92 Å². The third kappa shape index (κ3) is 14.3. The van der Waals surface area contributed by atoms with Crippen LogP contribution in [0.25, 0.3) is 0 Å². The van der Waals surface area contributed by atoms with Gasteiger partial charge in [-0.1, -0.05) is 47.5 Å². The van der Waals surface area contributed by atoms with Crippen molar-refractivity contribution in [1.29, 1.82) is 0 Å². The minimum absolute atomic E-state index is 0.106. The molecule has 0 saturated heterocycles. The number of ether oxygens (including phenoxy) is 2. The second-order valence-electron chi connectivity index (χ2n) is 7.27. The van der Waals surface area contributed by atoms with Gasteiger partial charge >= 0.3 is 11.9 Å². The standard InChI is InChI=1S/C19H36O4/c1-15(2)10-6-8-12-22-18(20)14-17(5)19(21)23-13-9-7-11-16(3)4/h15-17H,6-14H2,1-5H3. The molecular formula is C19H36O4. The molecule has 1 unspecified atom stereocenters. The van der Waals surface area contributed by atoms with Crippen LogP contribution in [0.5, 0.6) is 0 Å². The molecule has 0 aromatic rings. The summed E-state index contributed by atoms with van der Waals surface area (Å²) in [6, 6.07) is 0. The van der Waals surface area contributed by atoms with Crippen LogP contribution in [0.1, 0.15) is 79.6 Å². The Morgan fingerprint density at radius 2 is 1.22 bits per heavy atom. The molecule has 0 bridgehead atoms. The first-order chi connectivity index (χ1) is 10.8. The highest BCUT2D eigenvalue weighted by Gasteiger charge is 2.19. The van der Waals surface area contributed by atoms with E-state index in [-0.39, 0.29) is 18.4 Å². The second kappa shape index (κ2) is 13.4. The molecule has 0 amide bonds. The van der Waals surface area contributed by atoms with Crippen LogP contribution in [0.15, 0.2) is 0 Å². The maximum absolute atomic E-state index is 11.8. The normalized spacial score (nSPS) is 12.5. The van der Waals surface area contributed by atoms with Crippen molar-refractivity contribution in [3.05, 3.63) is 0 Å². The van der Waals surface area contributed by atoms with E-state index < -0.39 is 5.92 Å². The van der Waals surface area contributed by atoms with Gasteiger partial charge in [0.25, 0.3) is 0 Å². The average molecular weight is 328 g/mol. The van der Waals surface area contributed by atoms with Crippen molar-refractivity contribution in [2.75, 3.05) is 13.2 Å². The van der Waals surface area contributed by atoms with Crippen LogP contribution >= 0.6 is 0 Å². The quantitative estimate of drug-likeness (QED) is 0.361. The topological polar surface area (TPSA) is 52.6 Å². The molecule has 0 aliphatic heterocycles. The van der Waals surface area contributed by atoms with Crippen molar-refractivity contribution >= 4 is 11.9 Å². The third-order valence-corrected chi connectivity index (χ3v) is 3.73. The highest BCUT2D eigenvalue weighted by molar-refractivity contribution is 5.79.